The molecule has 0 saturated carbocycles. The van der Waals surface area contributed by atoms with Crippen molar-refractivity contribution in [2.24, 2.45) is 0 Å². The summed E-state index contributed by atoms with van der Waals surface area (Å²) in [5, 5.41) is 16.1. The fourth-order valence-electron chi connectivity index (χ4n) is 1.74. The van der Waals surface area contributed by atoms with E-state index in [-0.39, 0.29) is 11.7 Å². The maximum absolute atomic E-state index is 11.0. The summed E-state index contributed by atoms with van der Waals surface area (Å²) in [5.74, 6) is 0. The second-order valence-electron chi connectivity index (χ2n) is 4.03. The van der Waals surface area contributed by atoms with E-state index in [1.54, 1.807) is 23.5 Å². The van der Waals surface area contributed by atoms with Gasteiger partial charge in [-0.1, -0.05) is 6.07 Å². The first-order valence-corrected chi connectivity index (χ1v) is 6.53. The van der Waals surface area contributed by atoms with Crippen LogP contribution in [0.1, 0.15) is 28.2 Å². The summed E-state index contributed by atoms with van der Waals surface area (Å²) >= 11 is 1.58. The first kappa shape index (κ1) is 13.2. The zero-order valence-electron chi connectivity index (χ0n) is 10.2. The highest BCUT2D eigenvalue weighted by Crippen LogP contribution is 2.30. The second-order valence-corrected chi connectivity index (χ2v) is 5.01. The Morgan fingerprint density at radius 3 is 2.79 bits per heavy atom. The normalized spacial score (nSPS) is 11.8. The van der Waals surface area contributed by atoms with Crippen LogP contribution in [0.5, 0.6) is 0 Å². The van der Waals surface area contributed by atoms with Crippen LogP contribution < -0.4 is 5.32 Å². The summed E-state index contributed by atoms with van der Waals surface area (Å²) in [6.45, 7) is 1.93. The van der Waals surface area contributed by atoms with Crippen molar-refractivity contribution < 1.29 is 9.72 Å². The van der Waals surface area contributed by atoms with E-state index < -0.39 is 4.92 Å². The van der Waals surface area contributed by atoms with Crippen LogP contribution in [0.3, 0.4) is 0 Å². The van der Waals surface area contributed by atoms with E-state index in [0.29, 0.717) is 17.5 Å². The number of aldehydes is 1. The summed E-state index contributed by atoms with van der Waals surface area (Å²) in [4.78, 5) is 22.3. The standard InChI is InChI=1S/C13H12N2O3S/c1-9(13-3-2-6-19-13)14-11-5-4-10(8-16)7-12(11)15(17)18/h2-9,14H,1H3/t9-/m0/s1. The molecule has 0 unspecified atom stereocenters. The van der Waals surface area contributed by atoms with Gasteiger partial charge in [0.25, 0.3) is 5.69 Å². The fourth-order valence-corrected chi connectivity index (χ4v) is 2.47. The number of carbonyl (C=O) groups is 1. The summed E-state index contributed by atoms with van der Waals surface area (Å²) in [6.07, 6.45) is 0.597. The van der Waals surface area contributed by atoms with Gasteiger partial charge in [-0.05, 0) is 30.5 Å². The lowest BCUT2D eigenvalue weighted by Crippen LogP contribution is -2.07. The highest BCUT2D eigenvalue weighted by atomic mass is 32.1. The molecule has 1 N–H and O–H groups in total. The zero-order valence-corrected chi connectivity index (χ0v) is 11.0. The van der Waals surface area contributed by atoms with Crippen LogP contribution in [-0.4, -0.2) is 11.2 Å². The van der Waals surface area contributed by atoms with E-state index >= 15 is 0 Å². The van der Waals surface area contributed by atoms with Gasteiger partial charge >= 0.3 is 0 Å². The van der Waals surface area contributed by atoms with Crippen LogP contribution in [0, 0.1) is 10.1 Å². The van der Waals surface area contributed by atoms with Gasteiger partial charge in [0.15, 0.2) is 0 Å². The van der Waals surface area contributed by atoms with E-state index in [1.165, 1.54) is 6.07 Å². The van der Waals surface area contributed by atoms with Crippen LogP contribution >= 0.6 is 11.3 Å². The summed E-state index contributed by atoms with van der Waals surface area (Å²) < 4.78 is 0. The Morgan fingerprint density at radius 2 is 2.21 bits per heavy atom. The Balaban J connectivity index is 2.29. The fraction of sp³-hybridized carbons (Fsp3) is 0.154. The van der Waals surface area contributed by atoms with Crippen molar-refractivity contribution in [2.45, 2.75) is 13.0 Å². The number of nitrogens with zero attached hydrogens (tertiary/aromatic N) is 1. The van der Waals surface area contributed by atoms with Gasteiger partial charge in [0.2, 0.25) is 0 Å². The molecule has 1 atom stereocenters. The van der Waals surface area contributed by atoms with Gasteiger partial charge < -0.3 is 5.32 Å². The van der Waals surface area contributed by atoms with E-state index in [9.17, 15) is 14.9 Å². The molecule has 0 fully saturated rings. The van der Waals surface area contributed by atoms with Crippen LogP contribution in [0.25, 0.3) is 0 Å². The molecule has 0 radical (unpaired) electrons. The SMILES string of the molecule is C[C@H](Nc1ccc(C=O)cc1[N+](=O)[O-])c1cccs1. The van der Waals surface area contributed by atoms with Gasteiger partial charge in [-0.15, -0.1) is 11.3 Å². The number of hydrogen-bond acceptors (Lipinski definition) is 5. The largest absolute Gasteiger partial charge is 0.372 e. The molecule has 98 valence electrons. The molecule has 0 spiro atoms. The van der Waals surface area contributed by atoms with Crippen LogP contribution in [0.15, 0.2) is 35.7 Å². The molecule has 1 aromatic carbocycles. The van der Waals surface area contributed by atoms with E-state index in [2.05, 4.69) is 5.32 Å². The number of anilines is 1. The average molecular weight is 276 g/mol. The number of benzene rings is 1. The molecule has 6 heteroatoms. The van der Waals surface area contributed by atoms with Gasteiger partial charge in [-0.2, -0.15) is 0 Å². The van der Waals surface area contributed by atoms with Gasteiger partial charge in [-0.25, -0.2) is 0 Å². The minimum Gasteiger partial charge on any atom is -0.372 e. The highest BCUT2D eigenvalue weighted by Gasteiger charge is 2.17. The Morgan fingerprint density at radius 1 is 1.42 bits per heavy atom. The smallest absolute Gasteiger partial charge is 0.293 e. The van der Waals surface area contributed by atoms with Gasteiger partial charge in [0.1, 0.15) is 12.0 Å². The van der Waals surface area contributed by atoms with Crippen LogP contribution in [0.2, 0.25) is 0 Å². The molecule has 0 bridgehead atoms. The monoisotopic (exact) mass is 276 g/mol. The van der Waals surface area contributed by atoms with Crippen molar-refractivity contribution in [1.82, 2.24) is 0 Å². The molecule has 0 amide bonds. The predicted molar refractivity (Wildman–Crippen MR) is 74.8 cm³/mol. The Kier molecular flexibility index (Phi) is 3.91. The molecule has 0 aliphatic carbocycles. The molecule has 19 heavy (non-hydrogen) atoms. The maximum atomic E-state index is 11.0. The van der Waals surface area contributed by atoms with Crippen molar-refractivity contribution in [3.05, 3.63) is 56.3 Å². The quantitative estimate of drug-likeness (QED) is 0.514. The molecule has 2 rings (SSSR count). The zero-order chi connectivity index (χ0) is 13.8. The lowest BCUT2D eigenvalue weighted by molar-refractivity contribution is -0.384. The van der Waals surface area contributed by atoms with Crippen molar-refractivity contribution >= 4 is 29.0 Å². The second kappa shape index (κ2) is 5.62. The van der Waals surface area contributed by atoms with Gasteiger partial charge in [-0.3, -0.25) is 14.9 Å². The Labute approximate surface area is 114 Å². The number of rotatable bonds is 5. The lowest BCUT2D eigenvalue weighted by atomic mass is 10.1. The number of carbonyl (C=O) groups excluding carboxylic acids is 1. The number of nitro groups is 1. The third-order valence-corrected chi connectivity index (χ3v) is 3.75. The van der Waals surface area contributed by atoms with E-state index in [0.717, 1.165) is 4.88 Å². The predicted octanol–water partition coefficient (Wildman–Crippen LogP) is 3.64. The molecule has 5 nitrogen and oxygen atoms in total. The first-order valence-electron chi connectivity index (χ1n) is 5.65. The van der Waals surface area contributed by atoms with Crippen LogP contribution in [0.4, 0.5) is 11.4 Å². The minimum absolute atomic E-state index is 0.0271. The molecule has 1 heterocycles. The highest BCUT2D eigenvalue weighted by molar-refractivity contribution is 7.10. The van der Waals surface area contributed by atoms with E-state index in [1.807, 2.05) is 24.4 Å². The minimum atomic E-state index is -0.490. The van der Waals surface area contributed by atoms with Crippen molar-refractivity contribution in [2.75, 3.05) is 5.32 Å². The first-order chi connectivity index (χ1) is 9.11. The van der Waals surface area contributed by atoms with E-state index in [4.69, 9.17) is 0 Å². The number of thiophene rings is 1. The number of hydrogen-bond donors (Lipinski definition) is 1. The third-order valence-electron chi connectivity index (χ3n) is 2.70. The van der Waals surface area contributed by atoms with Gasteiger partial charge in [0.05, 0.1) is 11.0 Å². The summed E-state index contributed by atoms with van der Waals surface area (Å²) in [6, 6.07) is 8.27. The molecule has 0 saturated heterocycles. The molecular weight excluding hydrogens is 264 g/mol. The molecule has 2 aromatic rings. The Hall–Kier alpha value is -2.21. The van der Waals surface area contributed by atoms with Crippen molar-refractivity contribution in [3.8, 4) is 0 Å². The lowest BCUT2D eigenvalue weighted by Gasteiger charge is -2.13. The molecule has 0 aliphatic heterocycles. The average Bonchev–Trinajstić information content (AvgIpc) is 2.92. The molecule has 1 aromatic heterocycles. The third kappa shape index (κ3) is 2.97. The number of nitrogens with one attached hydrogen (secondary N) is 1. The summed E-state index contributed by atoms with van der Waals surface area (Å²) in [7, 11) is 0. The topological polar surface area (TPSA) is 72.2 Å². The van der Waals surface area contributed by atoms with Crippen LogP contribution in [-0.2, 0) is 0 Å². The molecule has 0 aliphatic rings. The summed E-state index contributed by atoms with van der Waals surface area (Å²) in [5.41, 5.74) is 0.616. The van der Waals surface area contributed by atoms with Gasteiger partial charge in [0, 0.05) is 16.5 Å². The van der Waals surface area contributed by atoms with Crippen molar-refractivity contribution in [1.29, 1.82) is 0 Å². The number of nitro benzene ring substituents is 1. The Bertz CT molecular complexity index is 596. The maximum Gasteiger partial charge on any atom is 0.293 e. The molecular formula is C13H12N2O3S. The van der Waals surface area contributed by atoms with Crippen molar-refractivity contribution in [3.63, 3.8) is 0 Å².